The van der Waals surface area contributed by atoms with Gasteiger partial charge in [-0.15, -0.1) is 0 Å². The number of nitrogens with one attached hydrogen (secondary N) is 1. The van der Waals surface area contributed by atoms with E-state index in [1.807, 2.05) is 42.8 Å². The largest absolute Gasteiger partial charge is 0.493 e. The first kappa shape index (κ1) is 29.3. The lowest BCUT2D eigenvalue weighted by Crippen LogP contribution is -2.51. The molecule has 2 fully saturated rings. The summed E-state index contributed by atoms with van der Waals surface area (Å²) < 4.78 is 51.4. The molecule has 1 amide bonds. The minimum atomic E-state index is -3.81. The molecule has 1 aliphatic heterocycles. The maximum absolute atomic E-state index is 14.9. The number of nitrogens with zero attached hydrogens (tertiary/aromatic N) is 2. The van der Waals surface area contributed by atoms with E-state index in [0.717, 1.165) is 48.9 Å². The molecule has 5 rings (SSSR count). The Morgan fingerprint density at radius 3 is 2.46 bits per heavy atom. The van der Waals surface area contributed by atoms with Gasteiger partial charge in [0.2, 0.25) is 15.9 Å². The van der Waals surface area contributed by atoms with Crippen LogP contribution in [0.15, 0.2) is 54.7 Å². The van der Waals surface area contributed by atoms with Gasteiger partial charge in [0, 0.05) is 31.3 Å². The summed E-state index contributed by atoms with van der Waals surface area (Å²) in [6, 6.07) is 14.6. The zero-order valence-corrected chi connectivity index (χ0v) is 24.7. The third-order valence-electron chi connectivity index (χ3n) is 7.07. The molecule has 1 aromatic heterocycles. The fourth-order valence-electron chi connectivity index (χ4n) is 5.09. The number of carbonyl (C=O) groups is 1. The van der Waals surface area contributed by atoms with Crippen LogP contribution in [0.1, 0.15) is 65.7 Å². The Hall–Kier alpha value is -3.21. The van der Waals surface area contributed by atoms with Crippen LogP contribution in [0.2, 0.25) is 5.02 Å². The molecule has 3 aromatic rings. The summed E-state index contributed by atoms with van der Waals surface area (Å²) >= 11 is 6.53. The Bertz CT molecular complexity index is 1530. The van der Waals surface area contributed by atoms with Gasteiger partial charge in [0.1, 0.15) is 16.6 Å². The van der Waals surface area contributed by atoms with Crippen molar-refractivity contribution in [2.24, 2.45) is 5.92 Å². The van der Waals surface area contributed by atoms with Gasteiger partial charge in [-0.1, -0.05) is 41.9 Å². The normalized spacial score (nSPS) is 16.7. The second-order valence-electron chi connectivity index (χ2n) is 11.0. The average molecular weight is 602 g/mol. The van der Waals surface area contributed by atoms with Gasteiger partial charge < -0.3 is 9.47 Å². The second kappa shape index (κ2) is 12.0. The summed E-state index contributed by atoms with van der Waals surface area (Å²) in [6.07, 6.45) is 4.43. The van der Waals surface area contributed by atoms with Crippen molar-refractivity contribution in [1.82, 2.24) is 14.6 Å². The quantitative estimate of drug-likeness (QED) is 0.317. The lowest BCUT2D eigenvalue weighted by molar-refractivity contribution is 0.0374. The molecule has 0 unspecified atom stereocenters. The molecule has 218 valence electrons. The number of likely N-dealkylation sites (tertiary alicyclic amines) is 1. The highest BCUT2D eigenvalue weighted by molar-refractivity contribution is 7.89. The molecule has 1 N–H and O–H groups in total. The molecule has 2 aliphatic rings. The molecule has 1 saturated carbocycles. The molecule has 1 saturated heterocycles. The van der Waals surface area contributed by atoms with Gasteiger partial charge in [0.25, 0.3) is 5.91 Å². The number of pyridine rings is 1. The second-order valence-corrected chi connectivity index (χ2v) is 13.2. The molecular weight excluding hydrogens is 569 g/mol. The first-order valence-electron chi connectivity index (χ1n) is 13.6. The molecular formula is C30H33ClFN3O5S. The zero-order chi connectivity index (χ0) is 29.3. The SMILES string of the molecule is CC(C)Oc1ncc([C@@H](c2ccccc2)N2CC(COc3cc(F)c(C(=O)NS(C)(=O)=O)cc3C3CC3)C2)cc1Cl. The van der Waals surface area contributed by atoms with Crippen molar-refractivity contribution in [2.75, 3.05) is 26.0 Å². The number of hydrogen-bond donors (Lipinski definition) is 1. The van der Waals surface area contributed by atoms with Crippen molar-refractivity contribution in [3.05, 3.63) is 87.8 Å². The number of hydrogen-bond acceptors (Lipinski definition) is 7. The van der Waals surface area contributed by atoms with Crippen molar-refractivity contribution >= 4 is 27.5 Å². The van der Waals surface area contributed by atoms with E-state index >= 15 is 0 Å². The van der Waals surface area contributed by atoms with E-state index in [0.29, 0.717) is 23.3 Å². The van der Waals surface area contributed by atoms with Gasteiger partial charge in [0.15, 0.2) is 0 Å². The lowest BCUT2D eigenvalue weighted by Gasteiger charge is -2.44. The monoisotopic (exact) mass is 601 g/mol. The summed E-state index contributed by atoms with van der Waals surface area (Å²) in [6.45, 7) is 5.72. The highest BCUT2D eigenvalue weighted by atomic mass is 35.5. The molecule has 0 bridgehead atoms. The standard InChI is InChI=1S/C30H33ClFN3O5S/c1-18(2)40-30-25(31)11-22(14-33-30)28(21-7-5-4-6-8-21)35-15-19(16-35)17-39-27-13-26(32)24(12-23(27)20-9-10-20)29(36)34-41(3,37)38/h4-8,11-14,18-20,28H,9-10,15-17H2,1-3H3,(H,34,36)/t28-/m1/s1. The van der Waals surface area contributed by atoms with Crippen LogP contribution in [-0.4, -0.2) is 56.3 Å². The van der Waals surface area contributed by atoms with Crippen molar-refractivity contribution in [3.8, 4) is 11.6 Å². The minimum Gasteiger partial charge on any atom is -0.493 e. The van der Waals surface area contributed by atoms with E-state index < -0.39 is 21.7 Å². The average Bonchev–Trinajstić information content (AvgIpc) is 3.71. The van der Waals surface area contributed by atoms with Crippen LogP contribution in [0.4, 0.5) is 4.39 Å². The van der Waals surface area contributed by atoms with Crippen LogP contribution in [0, 0.1) is 11.7 Å². The molecule has 41 heavy (non-hydrogen) atoms. The number of rotatable bonds is 11. The van der Waals surface area contributed by atoms with Gasteiger partial charge in [0.05, 0.1) is 30.6 Å². The van der Waals surface area contributed by atoms with Crippen molar-refractivity contribution in [3.63, 3.8) is 0 Å². The number of aromatic nitrogens is 1. The number of sulfonamides is 1. The Labute approximate surface area is 244 Å². The molecule has 8 nitrogen and oxygen atoms in total. The van der Waals surface area contributed by atoms with Crippen LogP contribution in [0.5, 0.6) is 11.6 Å². The Morgan fingerprint density at radius 1 is 1.15 bits per heavy atom. The van der Waals surface area contributed by atoms with Crippen LogP contribution < -0.4 is 14.2 Å². The van der Waals surface area contributed by atoms with Gasteiger partial charge in [-0.2, -0.15) is 0 Å². The van der Waals surface area contributed by atoms with E-state index in [2.05, 4.69) is 22.0 Å². The topological polar surface area (TPSA) is 97.8 Å². The number of amides is 1. The fraction of sp³-hybridized carbons (Fsp3) is 0.400. The predicted molar refractivity (Wildman–Crippen MR) is 155 cm³/mol. The smallest absolute Gasteiger partial charge is 0.267 e. The summed E-state index contributed by atoms with van der Waals surface area (Å²) in [5, 5.41) is 0.459. The number of ether oxygens (including phenoxy) is 2. The van der Waals surface area contributed by atoms with Crippen LogP contribution in [0.3, 0.4) is 0 Å². The number of benzene rings is 2. The number of carbonyl (C=O) groups excluding carboxylic acids is 1. The Kier molecular flexibility index (Phi) is 8.54. The molecule has 1 atom stereocenters. The van der Waals surface area contributed by atoms with Crippen LogP contribution >= 0.6 is 11.6 Å². The van der Waals surface area contributed by atoms with Gasteiger partial charge in [-0.05, 0) is 61.4 Å². The lowest BCUT2D eigenvalue weighted by atomic mass is 9.91. The van der Waals surface area contributed by atoms with E-state index in [1.165, 1.54) is 12.1 Å². The first-order valence-corrected chi connectivity index (χ1v) is 15.8. The first-order chi connectivity index (χ1) is 19.5. The maximum atomic E-state index is 14.9. The summed E-state index contributed by atoms with van der Waals surface area (Å²) in [4.78, 5) is 19.1. The highest BCUT2D eigenvalue weighted by Gasteiger charge is 2.36. The molecule has 2 aromatic carbocycles. The number of halogens is 2. The van der Waals surface area contributed by atoms with Crippen LogP contribution in [0.25, 0.3) is 0 Å². The molecule has 0 radical (unpaired) electrons. The molecule has 2 heterocycles. The van der Waals surface area contributed by atoms with E-state index in [4.69, 9.17) is 21.1 Å². The van der Waals surface area contributed by atoms with Gasteiger partial charge >= 0.3 is 0 Å². The van der Waals surface area contributed by atoms with Crippen molar-refractivity contribution < 1.29 is 27.1 Å². The third kappa shape index (κ3) is 7.17. The summed E-state index contributed by atoms with van der Waals surface area (Å²) in [5.74, 6) is -0.633. The molecule has 0 spiro atoms. The minimum absolute atomic E-state index is 0.0401. The summed E-state index contributed by atoms with van der Waals surface area (Å²) in [7, 11) is -3.81. The molecule has 1 aliphatic carbocycles. The summed E-state index contributed by atoms with van der Waals surface area (Å²) in [5.41, 5.74) is 2.50. The van der Waals surface area contributed by atoms with Crippen molar-refractivity contribution in [1.29, 1.82) is 0 Å². The van der Waals surface area contributed by atoms with Gasteiger partial charge in [-0.3, -0.25) is 9.69 Å². The Morgan fingerprint density at radius 2 is 1.85 bits per heavy atom. The van der Waals surface area contributed by atoms with Crippen LogP contribution in [-0.2, 0) is 10.0 Å². The Balaban J connectivity index is 1.28. The third-order valence-corrected chi connectivity index (χ3v) is 7.90. The van der Waals surface area contributed by atoms with E-state index in [9.17, 15) is 17.6 Å². The molecule has 11 heteroatoms. The maximum Gasteiger partial charge on any atom is 0.267 e. The predicted octanol–water partition coefficient (Wildman–Crippen LogP) is 5.33. The zero-order valence-electron chi connectivity index (χ0n) is 23.1. The van der Waals surface area contributed by atoms with E-state index in [-0.39, 0.29) is 29.5 Å². The van der Waals surface area contributed by atoms with Gasteiger partial charge in [-0.25, -0.2) is 22.5 Å². The van der Waals surface area contributed by atoms with Crippen molar-refractivity contribution in [2.45, 2.75) is 44.8 Å². The fourth-order valence-corrected chi connectivity index (χ4v) is 5.76. The van der Waals surface area contributed by atoms with E-state index in [1.54, 1.807) is 6.20 Å². The highest BCUT2D eigenvalue weighted by Crippen LogP contribution is 2.45.